The lowest BCUT2D eigenvalue weighted by Crippen LogP contribution is -2.49. The van der Waals surface area contributed by atoms with Gasteiger partial charge in [0.15, 0.2) is 0 Å². The lowest BCUT2D eigenvalue weighted by Gasteiger charge is -2.35. The molecule has 1 amide bonds. The number of rotatable bonds is 7. The molecule has 0 aromatic carbocycles. The Bertz CT molecular complexity index is 315. The van der Waals surface area contributed by atoms with Gasteiger partial charge in [-0.25, -0.2) is 0 Å². The van der Waals surface area contributed by atoms with Gasteiger partial charge < -0.3 is 10.1 Å². The lowest BCUT2D eigenvalue weighted by molar-refractivity contribution is -0.123. The number of nitrogens with one attached hydrogen (secondary N) is 1. The van der Waals surface area contributed by atoms with Crippen LogP contribution in [0.4, 0.5) is 0 Å². The summed E-state index contributed by atoms with van der Waals surface area (Å²) in [4.78, 5) is 11.9. The topological polar surface area (TPSA) is 62.1 Å². The van der Waals surface area contributed by atoms with Crippen LogP contribution in [0.25, 0.3) is 0 Å². The minimum Gasteiger partial charge on any atom is -0.382 e. The van der Waals surface area contributed by atoms with Crippen molar-refractivity contribution in [1.29, 1.82) is 5.26 Å². The van der Waals surface area contributed by atoms with E-state index in [9.17, 15) is 10.1 Å². The predicted octanol–water partition coefficient (Wildman–Crippen LogP) is 2.78. The minimum absolute atomic E-state index is 0.0174. The van der Waals surface area contributed by atoms with Crippen molar-refractivity contribution >= 4 is 5.91 Å². The average molecular weight is 266 g/mol. The predicted molar refractivity (Wildman–Crippen MR) is 74.5 cm³/mol. The third kappa shape index (κ3) is 5.20. The van der Waals surface area contributed by atoms with Gasteiger partial charge in [-0.2, -0.15) is 5.26 Å². The number of carbonyl (C=O) groups excluding carboxylic acids is 1. The molecule has 1 saturated carbocycles. The fourth-order valence-corrected chi connectivity index (χ4v) is 2.65. The molecule has 1 N–H and O–H groups in total. The second-order valence-corrected chi connectivity index (χ2v) is 5.39. The van der Waals surface area contributed by atoms with Gasteiger partial charge >= 0.3 is 0 Å². The summed E-state index contributed by atoms with van der Waals surface area (Å²) < 4.78 is 5.21. The summed E-state index contributed by atoms with van der Waals surface area (Å²) >= 11 is 0. The molecule has 0 radical (unpaired) electrons. The second-order valence-electron chi connectivity index (χ2n) is 5.39. The van der Waals surface area contributed by atoms with Crippen LogP contribution in [0, 0.1) is 17.2 Å². The summed E-state index contributed by atoms with van der Waals surface area (Å²) in [6.45, 7) is 5.43. The molecule has 0 saturated heterocycles. The van der Waals surface area contributed by atoms with Crippen LogP contribution in [0.5, 0.6) is 0 Å². The highest BCUT2D eigenvalue weighted by Crippen LogP contribution is 2.33. The van der Waals surface area contributed by atoms with Gasteiger partial charge in [0.25, 0.3) is 0 Å². The van der Waals surface area contributed by atoms with Gasteiger partial charge in [0.1, 0.15) is 5.54 Å². The van der Waals surface area contributed by atoms with Crippen LogP contribution in [-0.2, 0) is 9.53 Å². The van der Waals surface area contributed by atoms with E-state index in [4.69, 9.17) is 4.74 Å². The number of hydrogen-bond acceptors (Lipinski definition) is 3. The second kappa shape index (κ2) is 8.16. The Morgan fingerprint density at radius 2 is 2.11 bits per heavy atom. The van der Waals surface area contributed by atoms with E-state index in [1.54, 1.807) is 0 Å². The van der Waals surface area contributed by atoms with Crippen LogP contribution >= 0.6 is 0 Å². The van der Waals surface area contributed by atoms with Crippen molar-refractivity contribution in [3.8, 4) is 6.07 Å². The zero-order valence-electron chi connectivity index (χ0n) is 12.2. The van der Waals surface area contributed by atoms with E-state index in [1.165, 1.54) is 6.42 Å². The van der Waals surface area contributed by atoms with Crippen LogP contribution in [-0.4, -0.2) is 24.7 Å². The molecule has 1 aliphatic carbocycles. The number of amides is 1. The Morgan fingerprint density at radius 1 is 1.42 bits per heavy atom. The number of nitriles is 1. The lowest BCUT2D eigenvalue weighted by atomic mass is 9.76. The van der Waals surface area contributed by atoms with Crippen LogP contribution in [0.1, 0.15) is 58.8 Å². The number of nitrogens with zero attached hydrogens (tertiary/aromatic N) is 1. The summed E-state index contributed by atoms with van der Waals surface area (Å²) in [5.41, 5.74) is -0.617. The third-order valence-corrected chi connectivity index (χ3v) is 4.03. The molecule has 19 heavy (non-hydrogen) atoms. The molecular formula is C15H26N2O2. The molecule has 0 aliphatic heterocycles. The smallest absolute Gasteiger partial charge is 0.221 e. The van der Waals surface area contributed by atoms with Gasteiger partial charge in [0.2, 0.25) is 5.91 Å². The minimum atomic E-state index is -0.617. The summed E-state index contributed by atoms with van der Waals surface area (Å²) in [7, 11) is 0. The van der Waals surface area contributed by atoms with E-state index in [0.29, 0.717) is 19.6 Å². The molecule has 4 heteroatoms. The van der Waals surface area contributed by atoms with Gasteiger partial charge in [-0.15, -0.1) is 0 Å². The Labute approximate surface area is 116 Å². The van der Waals surface area contributed by atoms with Crippen molar-refractivity contribution in [1.82, 2.24) is 5.32 Å². The van der Waals surface area contributed by atoms with Gasteiger partial charge in [-0.3, -0.25) is 4.79 Å². The van der Waals surface area contributed by atoms with Crippen LogP contribution in [0.2, 0.25) is 0 Å². The van der Waals surface area contributed by atoms with Crippen LogP contribution in [0.15, 0.2) is 0 Å². The summed E-state index contributed by atoms with van der Waals surface area (Å²) in [5.74, 6) is 0.701. The molecule has 0 aromatic rings. The van der Waals surface area contributed by atoms with Crippen molar-refractivity contribution in [2.45, 2.75) is 64.3 Å². The fraction of sp³-hybridized carbons (Fsp3) is 0.867. The maximum atomic E-state index is 11.9. The molecule has 4 nitrogen and oxygen atoms in total. The fourth-order valence-electron chi connectivity index (χ4n) is 2.65. The largest absolute Gasteiger partial charge is 0.382 e. The van der Waals surface area contributed by atoms with E-state index in [-0.39, 0.29) is 5.91 Å². The van der Waals surface area contributed by atoms with Crippen molar-refractivity contribution in [2.24, 2.45) is 5.92 Å². The maximum Gasteiger partial charge on any atom is 0.221 e. The first kappa shape index (κ1) is 16.0. The molecule has 1 fully saturated rings. The Morgan fingerprint density at radius 3 is 2.63 bits per heavy atom. The van der Waals surface area contributed by atoms with Crippen LogP contribution < -0.4 is 5.32 Å². The normalized spacial score (nSPS) is 26.7. The Hall–Kier alpha value is -1.08. The molecule has 0 unspecified atom stereocenters. The van der Waals surface area contributed by atoms with E-state index in [1.807, 2.05) is 6.92 Å². The van der Waals surface area contributed by atoms with Gasteiger partial charge in [-0.1, -0.05) is 13.3 Å². The maximum absolute atomic E-state index is 11.9. The number of hydrogen-bond donors (Lipinski definition) is 1. The Kier molecular flexibility index (Phi) is 6.86. The van der Waals surface area contributed by atoms with Crippen molar-refractivity contribution in [3.05, 3.63) is 0 Å². The number of ether oxygens (including phenoxy) is 1. The van der Waals surface area contributed by atoms with Crippen molar-refractivity contribution in [3.63, 3.8) is 0 Å². The molecule has 0 spiro atoms. The SMILES string of the molecule is CCOCCCC(=O)NC1(C#N)CCC(CC)CC1. The summed E-state index contributed by atoms with van der Waals surface area (Å²) in [6, 6.07) is 2.33. The zero-order chi connectivity index (χ0) is 14.1. The highest BCUT2D eigenvalue weighted by Gasteiger charge is 2.36. The molecule has 0 bridgehead atoms. The van der Waals surface area contributed by atoms with Crippen LogP contribution in [0.3, 0.4) is 0 Å². The van der Waals surface area contributed by atoms with E-state index in [0.717, 1.165) is 38.0 Å². The first-order chi connectivity index (χ1) is 9.15. The first-order valence-corrected chi connectivity index (χ1v) is 7.45. The van der Waals surface area contributed by atoms with E-state index in [2.05, 4.69) is 18.3 Å². The van der Waals surface area contributed by atoms with E-state index < -0.39 is 5.54 Å². The van der Waals surface area contributed by atoms with Gasteiger partial charge in [-0.05, 0) is 44.9 Å². The highest BCUT2D eigenvalue weighted by atomic mass is 16.5. The first-order valence-electron chi connectivity index (χ1n) is 7.45. The van der Waals surface area contributed by atoms with Crippen molar-refractivity contribution in [2.75, 3.05) is 13.2 Å². The quantitative estimate of drug-likeness (QED) is 0.721. The van der Waals surface area contributed by atoms with Gasteiger partial charge in [0.05, 0.1) is 6.07 Å². The molecular weight excluding hydrogens is 240 g/mol. The number of carbonyl (C=O) groups is 1. The summed E-state index contributed by atoms with van der Waals surface area (Å²) in [6.07, 6.45) is 6.01. The molecule has 1 aliphatic rings. The standard InChI is InChI=1S/C15H26N2O2/c1-3-13-7-9-15(12-16,10-8-13)17-14(18)6-5-11-19-4-2/h13H,3-11H2,1-2H3,(H,17,18). The zero-order valence-corrected chi connectivity index (χ0v) is 12.2. The van der Waals surface area contributed by atoms with Crippen molar-refractivity contribution < 1.29 is 9.53 Å². The average Bonchev–Trinajstić information content (AvgIpc) is 2.44. The molecule has 108 valence electrons. The highest BCUT2D eigenvalue weighted by molar-refractivity contribution is 5.77. The molecule has 0 aromatic heterocycles. The van der Waals surface area contributed by atoms with Gasteiger partial charge in [0, 0.05) is 19.6 Å². The molecule has 0 atom stereocenters. The Balaban J connectivity index is 2.36. The molecule has 1 rings (SSSR count). The summed E-state index contributed by atoms with van der Waals surface area (Å²) in [5, 5.41) is 12.3. The molecule has 0 heterocycles. The monoisotopic (exact) mass is 266 g/mol. The third-order valence-electron chi connectivity index (χ3n) is 4.03. The van der Waals surface area contributed by atoms with E-state index >= 15 is 0 Å².